The van der Waals surface area contributed by atoms with Crippen molar-refractivity contribution < 1.29 is 13.7 Å². The van der Waals surface area contributed by atoms with Crippen molar-refractivity contribution in [3.63, 3.8) is 0 Å². The lowest BCUT2D eigenvalue weighted by Gasteiger charge is -2.32. The Balaban J connectivity index is 2.06. The van der Waals surface area contributed by atoms with Gasteiger partial charge in [-0.25, -0.2) is 4.39 Å². The lowest BCUT2D eigenvalue weighted by molar-refractivity contribution is 0.00578. The second-order valence-electron chi connectivity index (χ2n) is 6.26. The summed E-state index contributed by atoms with van der Waals surface area (Å²) < 4.78 is 28.1. The summed E-state index contributed by atoms with van der Waals surface area (Å²) in [4.78, 5) is 0. The number of halogens is 1. The summed E-state index contributed by atoms with van der Waals surface area (Å²) >= 11 is 0. The molecule has 2 heterocycles. The predicted molar refractivity (Wildman–Crippen MR) is 76.4 cm³/mol. The van der Waals surface area contributed by atoms with Gasteiger partial charge in [0.2, 0.25) is 0 Å². The van der Waals surface area contributed by atoms with Crippen molar-refractivity contribution in [2.24, 2.45) is 7.05 Å². The summed E-state index contributed by atoms with van der Waals surface area (Å²) in [5, 5.41) is 4.56. The molecule has 1 aromatic carbocycles. The molecule has 0 atom stereocenters. The van der Waals surface area contributed by atoms with Crippen molar-refractivity contribution in [1.82, 2.24) is 9.78 Å². The maximum absolute atomic E-state index is 14.6. The highest BCUT2D eigenvalue weighted by molar-refractivity contribution is 6.62. The molecule has 1 aliphatic heterocycles. The Morgan fingerprint density at radius 1 is 1.15 bits per heavy atom. The molecule has 0 radical (unpaired) electrons. The molecule has 1 aliphatic rings. The molecule has 0 aliphatic carbocycles. The van der Waals surface area contributed by atoms with Crippen molar-refractivity contribution in [3.8, 4) is 0 Å². The second-order valence-corrected chi connectivity index (χ2v) is 6.26. The molecule has 6 heteroatoms. The van der Waals surface area contributed by atoms with E-state index >= 15 is 0 Å². The van der Waals surface area contributed by atoms with Gasteiger partial charge in [-0.15, -0.1) is 0 Å². The van der Waals surface area contributed by atoms with E-state index in [1.807, 2.05) is 33.8 Å². The molecule has 20 heavy (non-hydrogen) atoms. The Morgan fingerprint density at radius 2 is 1.75 bits per heavy atom. The van der Waals surface area contributed by atoms with E-state index in [9.17, 15) is 4.39 Å². The Labute approximate surface area is 118 Å². The molecule has 3 rings (SSSR count). The maximum atomic E-state index is 14.6. The largest absolute Gasteiger partial charge is 0.497 e. The molecule has 0 N–H and O–H groups in total. The number of rotatable bonds is 1. The first-order valence-electron chi connectivity index (χ1n) is 6.69. The molecule has 0 bridgehead atoms. The Hall–Kier alpha value is -1.40. The monoisotopic (exact) mass is 276 g/mol. The van der Waals surface area contributed by atoms with Crippen LogP contribution in [-0.2, 0) is 16.4 Å². The number of nitrogens with zero attached hydrogens (tertiary/aromatic N) is 2. The van der Waals surface area contributed by atoms with Gasteiger partial charge >= 0.3 is 7.12 Å². The number of aryl methyl sites for hydroxylation is 1. The van der Waals surface area contributed by atoms with E-state index in [0.717, 1.165) is 5.52 Å². The van der Waals surface area contributed by atoms with Gasteiger partial charge in [0.05, 0.1) is 28.3 Å². The van der Waals surface area contributed by atoms with Gasteiger partial charge in [0.15, 0.2) is 0 Å². The summed E-state index contributed by atoms with van der Waals surface area (Å²) in [5.41, 5.74) is 0.217. The van der Waals surface area contributed by atoms with Crippen LogP contribution in [0.1, 0.15) is 27.7 Å². The normalized spacial score (nSPS) is 20.8. The SMILES string of the molecule is Cn1ncc2c(F)c(B3OC(C)(C)C(C)(C)O3)ccc21. The van der Waals surface area contributed by atoms with Crippen molar-refractivity contribution in [3.05, 3.63) is 24.1 Å². The van der Waals surface area contributed by atoms with Crippen LogP contribution in [0.2, 0.25) is 0 Å². The van der Waals surface area contributed by atoms with Crippen LogP contribution in [0, 0.1) is 5.82 Å². The van der Waals surface area contributed by atoms with Crippen LogP contribution in [0.5, 0.6) is 0 Å². The summed E-state index contributed by atoms with van der Waals surface area (Å²) in [6, 6.07) is 3.55. The fourth-order valence-corrected chi connectivity index (χ4v) is 2.36. The fraction of sp³-hybridized carbons (Fsp3) is 0.500. The quantitative estimate of drug-likeness (QED) is 0.747. The lowest BCUT2D eigenvalue weighted by atomic mass is 9.78. The van der Waals surface area contributed by atoms with Gasteiger partial charge in [-0.3, -0.25) is 4.68 Å². The van der Waals surface area contributed by atoms with E-state index in [1.165, 1.54) is 6.20 Å². The number of hydrogen-bond donors (Lipinski definition) is 0. The smallest absolute Gasteiger partial charge is 0.399 e. The first kappa shape index (κ1) is 13.6. The zero-order valence-electron chi connectivity index (χ0n) is 12.4. The fourth-order valence-electron chi connectivity index (χ4n) is 2.36. The molecule has 0 amide bonds. The molecule has 1 saturated heterocycles. The van der Waals surface area contributed by atoms with E-state index in [0.29, 0.717) is 10.8 Å². The molecule has 4 nitrogen and oxygen atoms in total. The number of aromatic nitrogens is 2. The average molecular weight is 276 g/mol. The van der Waals surface area contributed by atoms with Crippen molar-refractivity contribution in [2.75, 3.05) is 0 Å². The lowest BCUT2D eigenvalue weighted by Crippen LogP contribution is -2.41. The van der Waals surface area contributed by atoms with Gasteiger partial charge in [-0.1, -0.05) is 6.07 Å². The Kier molecular flexibility index (Phi) is 2.75. The molecular formula is C14H18BFN2O2. The van der Waals surface area contributed by atoms with Crippen LogP contribution in [0.15, 0.2) is 18.3 Å². The van der Waals surface area contributed by atoms with Crippen LogP contribution in [0.25, 0.3) is 10.9 Å². The minimum absolute atomic E-state index is 0.325. The van der Waals surface area contributed by atoms with Gasteiger partial charge in [0.1, 0.15) is 5.82 Å². The predicted octanol–water partition coefficient (Wildman–Crippen LogP) is 2.01. The van der Waals surface area contributed by atoms with Gasteiger partial charge in [-0.2, -0.15) is 5.10 Å². The van der Waals surface area contributed by atoms with E-state index in [-0.39, 0.29) is 5.82 Å². The zero-order chi connectivity index (χ0) is 14.7. The molecule has 0 spiro atoms. The van der Waals surface area contributed by atoms with Crippen LogP contribution >= 0.6 is 0 Å². The second kappa shape index (κ2) is 4.05. The van der Waals surface area contributed by atoms with Crippen molar-refractivity contribution in [1.29, 1.82) is 0 Å². The zero-order valence-corrected chi connectivity index (χ0v) is 12.4. The van der Waals surface area contributed by atoms with E-state index in [2.05, 4.69) is 5.10 Å². The highest BCUT2D eigenvalue weighted by Crippen LogP contribution is 2.36. The topological polar surface area (TPSA) is 36.3 Å². The van der Waals surface area contributed by atoms with Gasteiger partial charge in [0.25, 0.3) is 0 Å². The number of hydrogen-bond acceptors (Lipinski definition) is 3. The molecule has 1 fully saturated rings. The summed E-state index contributed by atoms with van der Waals surface area (Å²) in [7, 11) is 1.10. The average Bonchev–Trinajstić information content (AvgIpc) is 2.79. The first-order chi connectivity index (χ1) is 9.23. The van der Waals surface area contributed by atoms with Gasteiger partial charge < -0.3 is 9.31 Å². The third-order valence-electron chi connectivity index (χ3n) is 4.40. The third kappa shape index (κ3) is 1.78. The highest BCUT2D eigenvalue weighted by atomic mass is 19.1. The van der Waals surface area contributed by atoms with Crippen LogP contribution in [0.3, 0.4) is 0 Å². The molecule has 0 unspecified atom stereocenters. The van der Waals surface area contributed by atoms with Crippen molar-refractivity contribution >= 4 is 23.5 Å². The summed E-state index contributed by atoms with van der Waals surface area (Å²) in [6.45, 7) is 7.81. The van der Waals surface area contributed by atoms with E-state index in [4.69, 9.17) is 9.31 Å². The summed E-state index contributed by atoms with van der Waals surface area (Å²) in [6.07, 6.45) is 1.53. The minimum Gasteiger partial charge on any atom is -0.399 e. The van der Waals surface area contributed by atoms with Gasteiger partial charge in [-0.05, 0) is 33.8 Å². The van der Waals surface area contributed by atoms with Crippen LogP contribution in [0.4, 0.5) is 4.39 Å². The molecule has 106 valence electrons. The minimum atomic E-state index is -0.690. The first-order valence-corrected chi connectivity index (χ1v) is 6.69. The number of fused-ring (bicyclic) bond motifs is 1. The number of benzene rings is 1. The van der Waals surface area contributed by atoms with Crippen LogP contribution < -0.4 is 5.46 Å². The van der Waals surface area contributed by atoms with Crippen LogP contribution in [-0.4, -0.2) is 28.1 Å². The molecule has 2 aromatic rings. The molecular weight excluding hydrogens is 258 g/mol. The van der Waals surface area contributed by atoms with Gasteiger partial charge in [0, 0.05) is 12.5 Å². The third-order valence-corrected chi connectivity index (χ3v) is 4.40. The highest BCUT2D eigenvalue weighted by Gasteiger charge is 2.52. The summed E-state index contributed by atoms with van der Waals surface area (Å²) in [5.74, 6) is -0.325. The molecule has 0 saturated carbocycles. The Morgan fingerprint density at radius 3 is 2.35 bits per heavy atom. The Bertz CT molecular complexity index is 665. The van der Waals surface area contributed by atoms with E-state index < -0.39 is 18.3 Å². The van der Waals surface area contributed by atoms with E-state index in [1.54, 1.807) is 17.8 Å². The standard InChI is InChI=1S/C14H18BFN2O2/c1-13(2)14(3,4)20-15(19-13)10-6-7-11-9(12(10)16)8-17-18(11)5/h6-8H,1-5H3. The molecule has 1 aromatic heterocycles. The maximum Gasteiger partial charge on any atom is 0.497 e. The van der Waals surface area contributed by atoms with Crippen molar-refractivity contribution in [2.45, 2.75) is 38.9 Å².